The molecule has 0 aliphatic carbocycles. The van der Waals surface area contributed by atoms with Gasteiger partial charge in [-0.25, -0.2) is 9.78 Å². The lowest BCUT2D eigenvalue weighted by Gasteiger charge is -2.28. The lowest BCUT2D eigenvalue weighted by Crippen LogP contribution is -2.46. The number of hydrogen-bond donors (Lipinski definition) is 6. The van der Waals surface area contributed by atoms with Crippen molar-refractivity contribution in [3.8, 4) is 5.75 Å². The van der Waals surface area contributed by atoms with Gasteiger partial charge in [0.05, 0.1) is 36.3 Å². The van der Waals surface area contributed by atoms with Crippen LogP contribution in [0.1, 0.15) is 25.7 Å². The molecule has 2 aromatic heterocycles. The van der Waals surface area contributed by atoms with Gasteiger partial charge in [-0.1, -0.05) is 18.2 Å². The normalized spacial score (nSPS) is 14.6. The zero-order chi connectivity index (χ0) is 32.6. The topological polar surface area (TPSA) is 210 Å². The highest BCUT2D eigenvalue weighted by molar-refractivity contribution is 6.14. The van der Waals surface area contributed by atoms with Gasteiger partial charge in [0, 0.05) is 11.9 Å². The van der Waals surface area contributed by atoms with E-state index >= 15 is 0 Å². The molecule has 1 fully saturated rings. The first-order chi connectivity index (χ1) is 22.2. The minimum absolute atomic E-state index is 0.0922. The number of para-hydroxylation sites is 1. The van der Waals surface area contributed by atoms with Crippen molar-refractivity contribution in [2.75, 3.05) is 51.7 Å². The Morgan fingerprint density at radius 2 is 1.89 bits per heavy atom. The van der Waals surface area contributed by atoms with Gasteiger partial charge in [0.25, 0.3) is 0 Å². The number of carbonyl (C=O) groups excluding carboxylic acids is 2. The van der Waals surface area contributed by atoms with E-state index in [1.54, 1.807) is 0 Å². The maximum Gasteiger partial charge on any atom is 0.326 e. The largest absolute Gasteiger partial charge is 0.493 e. The molecule has 1 saturated heterocycles. The van der Waals surface area contributed by atoms with E-state index in [9.17, 15) is 19.5 Å². The van der Waals surface area contributed by atoms with Crippen molar-refractivity contribution in [3.63, 3.8) is 0 Å². The standard InChI is InChI=1S/C32H40N8O6/c1-40-13-10-19(11-14-40)18-45-20-8-9-25-22(15-20)29-30(46-25)28(21-5-2-3-6-23(21)39-29)37-16-26(41)36-17-27(42)38-24(31(43)44)7-4-12-35-32(33)34/h2-3,5-6,8-9,15,19,24H,4,7,10-14,16-18H2,1H3,(H,36,41)(H,37,39)(H,38,42)(H,43,44)(H4,33,34,35). The van der Waals surface area contributed by atoms with E-state index in [1.807, 2.05) is 42.5 Å². The number of carboxylic acid groups (broad SMARTS) is 1. The number of likely N-dealkylation sites (tertiary alicyclic amines) is 1. The highest BCUT2D eigenvalue weighted by atomic mass is 16.5. The number of carboxylic acids is 1. The fourth-order valence-electron chi connectivity index (χ4n) is 5.49. The summed E-state index contributed by atoms with van der Waals surface area (Å²) in [7, 11) is 2.14. The summed E-state index contributed by atoms with van der Waals surface area (Å²) in [5.41, 5.74) is 13.6. The summed E-state index contributed by atoms with van der Waals surface area (Å²) in [4.78, 5) is 47.7. The van der Waals surface area contributed by atoms with Crippen LogP contribution in [0.2, 0.25) is 0 Å². The van der Waals surface area contributed by atoms with Gasteiger partial charge in [0.2, 0.25) is 11.8 Å². The number of aliphatic carboxylic acids is 1. The number of aromatic nitrogens is 1. The van der Waals surface area contributed by atoms with Gasteiger partial charge in [0.15, 0.2) is 11.5 Å². The molecule has 1 aliphatic rings. The van der Waals surface area contributed by atoms with Crippen LogP contribution in [-0.2, 0) is 14.4 Å². The number of benzene rings is 2. The van der Waals surface area contributed by atoms with Crippen LogP contribution in [0.4, 0.5) is 5.69 Å². The molecule has 0 bridgehead atoms. The number of hydrogen-bond acceptors (Lipinski definition) is 9. The number of amides is 2. The Morgan fingerprint density at radius 1 is 1.11 bits per heavy atom. The smallest absolute Gasteiger partial charge is 0.326 e. The maximum absolute atomic E-state index is 12.8. The number of rotatable bonds is 14. The third-order valence-corrected chi connectivity index (χ3v) is 8.04. The van der Waals surface area contributed by atoms with E-state index in [2.05, 4.69) is 32.9 Å². The average Bonchev–Trinajstić information content (AvgIpc) is 3.40. The Morgan fingerprint density at radius 3 is 2.65 bits per heavy atom. The molecule has 3 heterocycles. The SMILES string of the molecule is CN1CCC(COc2ccc3oc4c(NCC(=O)NCC(=O)NC(CCCN=C(N)N)C(=O)O)c5ccccc5nc4c3c2)CC1. The minimum Gasteiger partial charge on any atom is -0.493 e. The number of nitrogens with one attached hydrogen (secondary N) is 3. The number of pyridine rings is 1. The molecule has 1 aliphatic heterocycles. The van der Waals surface area contributed by atoms with E-state index in [-0.39, 0.29) is 25.5 Å². The number of nitrogens with two attached hydrogens (primary N) is 2. The third-order valence-electron chi connectivity index (χ3n) is 8.04. The van der Waals surface area contributed by atoms with Gasteiger partial charge in [-0.15, -0.1) is 0 Å². The van der Waals surface area contributed by atoms with Gasteiger partial charge >= 0.3 is 5.97 Å². The monoisotopic (exact) mass is 632 g/mol. The number of ether oxygens (including phenoxy) is 1. The van der Waals surface area contributed by atoms with Crippen LogP contribution >= 0.6 is 0 Å². The number of guanidine groups is 1. The van der Waals surface area contributed by atoms with E-state index in [1.165, 1.54) is 0 Å². The Bertz CT molecular complexity index is 1740. The molecule has 4 aromatic rings. The highest BCUT2D eigenvalue weighted by Crippen LogP contribution is 2.38. The molecule has 0 spiro atoms. The molecule has 14 nitrogen and oxygen atoms in total. The summed E-state index contributed by atoms with van der Waals surface area (Å²) in [5.74, 6) is -1.12. The lowest BCUT2D eigenvalue weighted by molar-refractivity contribution is -0.141. The van der Waals surface area contributed by atoms with E-state index in [4.69, 9.17) is 25.6 Å². The number of piperidine rings is 1. The predicted octanol–water partition coefficient (Wildman–Crippen LogP) is 2.01. The molecule has 1 unspecified atom stereocenters. The Balaban J connectivity index is 1.24. The number of furan rings is 1. The zero-order valence-corrected chi connectivity index (χ0v) is 25.8. The maximum atomic E-state index is 12.8. The average molecular weight is 633 g/mol. The van der Waals surface area contributed by atoms with Crippen molar-refractivity contribution in [3.05, 3.63) is 42.5 Å². The van der Waals surface area contributed by atoms with Gasteiger partial charge in [-0.2, -0.15) is 0 Å². The van der Waals surface area contributed by atoms with Gasteiger partial charge in [0.1, 0.15) is 22.9 Å². The van der Waals surface area contributed by atoms with Gasteiger partial charge in [-0.3, -0.25) is 14.6 Å². The highest BCUT2D eigenvalue weighted by Gasteiger charge is 2.21. The molecular formula is C32H40N8O6. The van der Waals surface area contributed by atoms with Crippen molar-refractivity contribution in [1.82, 2.24) is 20.5 Å². The van der Waals surface area contributed by atoms with Crippen LogP contribution in [0, 0.1) is 5.92 Å². The first-order valence-electron chi connectivity index (χ1n) is 15.3. The molecule has 14 heteroatoms. The molecular weight excluding hydrogens is 592 g/mol. The molecule has 2 amide bonds. The molecule has 0 saturated carbocycles. The molecule has 244 valence electrons. The lowest BCUT2D eigenvalue weighted by atomic mass is 9.98. The second-order valence-electron chi connectivity index (χ2n) is 11.5. The van der Waals surface area contributed by atoms with Crippen LogP contribution in [0.3, 0.4) is 0 Å². The quantitative estimate of drug-likeness (QED) is 0.0672. The summed E-state index contributed by atoms with van der Waals surface area (Å²) in [6, 6.07) is 12.1. The molecule has 46 heavy (non-hydrogen) atoms. The zero-order valence-electron chi connectivity index (χ0n) is 25.8. The van der Waals surface area contributed by atoms with Crippen LogP contribution in [0.25, 0.3) is 33.0 Å². The van der Waals surface area contributed by atoms with Crippen LogP contribution in [0.15, 0.2) is 51.9 Å². The first kappa shape index (κ1) is 32.3. The number of aliphatic imine (C=N–C) groups is 1. The van der Waals surface area contributed by atoms with E-state index in [0.29, 0.717) is 41.3 Å². The second-order valence-corrected chi connectivity index (χ2v) is 11.5. The van der Waals surface area contributed by atoms with Crippen LogP contribution in [-0.4, -0.2) is 91.2 Å². The van der Waals surface area contributed by atoms with Crippen molar-refractivity contribution >= 4 is 62.4 Å². The van der Waals surface area contributed by atoms with Crippen molar-refractivity contribution in [1.29, 1.82) is 0 Å². The molecule has 2 aromatic carbocycles. The van der Waals surface area contributed by atoms with Gasteiger partial charge < -0.3 is 46.6 Å². The third kappa shape index (κ3) is 8.13. The summed E-state index contributed by atoms with van der Waals surface area (Å²) in [6.45, 7) is 2.48. The Labute approximate surface area is 265 Å². The van der Waals surface area contributed by atoms with E-state index in [0.717, 1.165) is 48.0 Å². The summed E-state index contributed by atoms with van der Waals surface area (Å²) in [5, 5.41) is 19.1. The number of fused-ring (bicyclic) bond motifs is 4. The number of nitrogens with zero attached hydrogens (tertiary/aromatic N) is 3. The molecule has 1 atom stereocenters. The second kappa shape index (κ2) is 14.8. The van der Waals surface area contributed by atoms with Crippen molar-refractivity contribution in [2.45, 2.75) is 31.7 Å². The minimum atomic E-state index is -1.19. The Kier molecular flexibility index (Phi) is 10.4. The number of anilines is 1. The van der Waals surface area contributed by atoms with Gasteiger partial charge in [-0.05, 0) is 76.0 Å². The van der Waals surface area contributed by atoms with Crippen molar-refractivity contribution < 1.29 is 28.6 Å². The summed E-state index contributed by atoms with van der Waals surface area (Å²) in [6.07, 6.45) is 2.70. The fraction of sp³-hybridized carbons (Fsp3) is 0.406. The van der Waals surface area contributed by atoms with E-state index < -0.39 is 30.4 Å². The molecule has 5 rings (SSSR count). The predicted molar refractivity (Wildman–Crippen MR) is 176 cm³/mol. The molecule has 0 radical (unpaired) electrons. The summed E-state index contributed by atoms with van der Waals surface area (Å²) < 4.78 is 12.4. The first-order valence-corrected chi connectivity index (χ1v) is 15.3. The van der Waals surface area contributed by atoms with Crippen LogP contribution in [0.5, 0.6) is 5.75 Å². The molecule has 8 N–H and O–H groups in total. The van der Waals surface area contributed by atoms with Crippen molar-refractivity contribution in [2.24, 2.45) is 22.4 Å². The Hall–Kier alpha value is -5.11. The van der Waals surface area contributed by atoms with Crippen LogP contribution < -0.4 is 32.2 Å². The number of carbonyl (C=O) groups is 3. The summed E-state index contributed by atoms with van der Waals surface area (Å²) >= 11 is 0. The fourth-order valence-corrected chi connectivity index (χ4v) is 5.49.